The summed E-state index contributed by atoms with van der Waals surface area (Å²) in [7, 11) is 3.18. The van der Waals surface area contributed by atoms with Crippen molar-refractivity contribution in [2.45, 2.75) is 78.6 Å². The number of rotatable bonds is 17. The maximum atomic E-state index is 12.0. The molecule has 1 amide bonds. The van der Waals surface area contributed by atoms with E-state index in [4.69, 9.17) is 29.8 Å². The molecule has 3 rings (SSSR count). The number of hydrogen-bond acceptors (Lipinski definition) is 18. The van der Waals surface area contributed by atoms with E-state index in [1.165, 1.54) is 0 Å². The van der Waals surface area contributed by atoms with Crippen LogP contribution in [0.25, 0.3) is 0 Å². The van der Waals surface area contributed by atoms with Crippen molar-refractivity contribution in [2.75, 3.05) is 34.6 Å². The molecule has 3 heterocycles. The number of nitrogens with one attached hydrogen (secondary N) is 1. The first-order valence-electron chi connectivity index (χ1n) is 14.2. The van der Waals surface area contributed by atoms with E-state index in [0.717, 1.165) is 23.8 Å². The molecule has 3 aromatic heterocycles. The molecule has 0 fully saturated rings. The zero-order chi connectivity index (χ0) is 33.2. The standard InChI is InChI=1S/C16H28N4O3S2.C10H16N6O2S2.ClH/c1-6-17-8-7-9-24-11-25-10-13(14-18-12(2)20-23-14)19-15(21)22-16(3,4)5;1-5-13-9(17-15-5)7(11)3-19-20-4-8(12)10-14-6(2)16-18-10;/h8,13H,6-7,9-11H2,1-5H3,(H,19,21);7-8H,3-4,11-12H2,1-2H3;1H/t13-;7-,8-;/m00./s1. The summed E-state index contributed by atoms with van der Waals surface area (Å²) in [6, 6.07) is -0.936. The first kappa shape index (κ1) is 42.0. The van der Waals surface area contributed by atoms with Crippen LogP contribution in [-0.4, -0.2) is 83.0 Å². The second kappa shape index (κ2) is 22.5. The van der Waals surface area contributed by atoms with Crippen molar-refractivity contribution in [3.05, 3.63) is 35.1 Å². The molecule has 3 atom stereocenters. The molecule has 0 aliphatic heterocycles. The highest BCUT2D eigenvalue weighted by molar-refractivity contribution is 8.76. The molecule has 3 aromatic rings. The average Bonchev–Trinajstić information content (AvgIpc) is 3.72. The van der Waals surface area contributed by atoms with Gasteiger partial charge in [0.2, 0.25) is 17.7 Å². The second-order valence-electron chi connectivity index (χ2n) is 10.4. The summed E-state index contributed by atoms with van der Waals surface area (Å²) in [5.74, 6) is 5.99. The van der Waals surface area contributed by atoms with Gasteiger partial charge in [-0.1, -0.05) is 37.1 Å². The minimum Gasteiger partial charge on any atom is -0.444 e. The maximum absolute atomic E-state index is 12.0. The highest BCUT2D eigenvalue weighted by Gasteiger charge is 2.24. The smallest absolute Gasteiger partial charge is 0.408 e. The molecule has 0 saturated carbocycles. The predicted octanol–water partition coefficient (Wildman–Crippen LogP) is 5.42. The van der Waals surface area contributed by atoms with E-state index in [1.54, 1.807) is 54.1 Å². The van der Waals surface area contributed by atoms with Gasteiger partial charge in [0.05, 0.1) is 12.1 Å². The fourth-order valence-electron chi connectivity index (χ4n) is 3.03. The Hall–Kier alpha value is -2.03. The molecule has 5 N–H and O–H groups in total. The predicted molar refractivity (Wildman–Crippen MR) is 189 cm³/mol. The highest BCUT2D eigenvalue weighted by atomic mass is 35.5. The summed E-state index contributed by atoms with van der Waals surface area (Å²) in [6.45, 7) is 13.6. The number of nitrogens with zero attached hydrogens (tertiary/aromatic N) is 7. The lowest BCUT2D eigenvalue weighted by atomic mass is 10.2. The third-order valence-electron chi connectivity index (χ3n) is 4.99. The number of hydrogen-bond donors (Lipinski definition) is 3. The van der Waals surface area contributed by atoms with Gasteiger partial charge in [0.1, 0.15) is 11.6 Å². The molecule has 0 bridgehead atoms. The Morgan fingerprint density at radius 1 is 0.891 bits per heavy atom. The van der Waals surface area contributed by atoms with Crippen LogP contribution in [0.3, 0.4) is 0 Å². The van der Waals surface area contributed by atoms with Gasteiger partial charge in [0.15, 0.2) is 17.5 Å². The lowest BCUT2D eigenvalue weighted by Crippen LogP contribution is -2.36. The first-order valence-corrected chi connectivity index (χ1v) is 19.0. The largest absolute Gasteiger partial charge is 0.444 e. The number of carbonyl (C=O) groups is 1. The van der Waals surface area contributed by atoms with E-state index in [-0.39, 0.29) is 30.5 Å². The Bertz CT molecular complexity index is 1240. The number of aromatic nitrogens is 6. The maximum Gasteiger partial charge on any atom is 0.408 e. The van der Waals surface area contributed by atoms with Gasteiger partial charge in [-0.25, -0.2) is 4.79 Å². The molecule has 0 aliphatic carbocycles. The molecule has 260 valence electrons. The molecule has 0 aliphatic rings. The van der Waals surface area contributed by atoms with Crippen LogP contribution >= 0.6 is 57.5 Å². The van der Waals surface area contributed by atoms with Gasteiger partial charge in [-0.05, 0) is 66.9 Å². The lowest BCUT2D eigenvalue weighted by Gasteiger charge is -2.22. The minimum absolute atomic E-state index is 0. The normalized spacial score (nSPS) is 13.4. The summed E-state index contributed by atoms with van der Waals surface area (Å²) < 4.78 is 20.5. The van der Waals surface area contributed by atoms with Gasteiger partial charge in [-0.3, -0.25) is 4.99 Å². The number of alkyl carbamates (subject to hydrolysis) is 1. The molecule has 0 aromatic carbocycles. The van der Waals surface area contributed by atoms with E-state index in [2.05, 4.69) is 40.7 Å². The molecule has 0 radical (unpaired) electrons. The number of ether oxygens (including phenoxy) is 1. The van der Waals surface area contributed by atoms with E-state index < -0.39 is 11.7 Å². The Balaban J connectivity index is 0.000000460. The van der Waals surface area contributed by atoms with Crippen molar-refractivity contribution in [1.82, 2.24) is 35.7 Å². The van der Waals surface area contributed by atoms with Crippen molar-refractivity contribution >= 4 is 69.8 Å². The van der Waals surface area contributed by atoms with Crippen molar-refractivity contribution in [1.29, 1.82) is 0 Å². The van der Waals surface area contributed by atoms with Crippen LogP contribution in [0.1, 0.15) is 87.4 Å². The van der Waals surface area contributed by atoms with Crippen LogP contribution in [0, 0.1) is 20.8 Å². The average molecular weight is 741 g/mol. The fraction of sp³-hybridized carbons (Fsp3) is 0.692. The molecular formula is C26H45ClN10O5S4. The van der Waals surface area contributed by atoms with Crippen molar-refractivity contribution < 1.29 is 23.1 Å². The number of aliphatic imine (C=N–C) groups is 1. The number of thioether (sulfide) groups is 2. The fourth-order valence-corrected chi connectivity index (χ4v) is 7.32. The van der Waals surface area contributed by atoms with Crippen molar-refractivity contribution in [3.8, 4) is 0 Å². The van der Waals surface area contributed by atoms with Crippen molar-refractivity contribution in [2.24, 2.45) is 16.5 Å². The van der Waals surface area contributed by atoms with Crippen LogP contribution in [0.15, 0.2) is 18.6 Å². The zero-order valence-electron chi connectivity index (χ0n) is 27.1. The van der Waals surface area contributed by atoms with E-state index >= 15 is 0 Å². The Kier molecular flexibility index (Phi) is 20.6. The van der Waals surface area contributed by atoms with Gasteiger partial charge >= 0.3 is 6.09 Å². The van der Waals surface area contributed by atoms with E-state index in [9.17, 15) is 4.79 Å². The minimum atomic E-state index is -0.553. The third kappa shape index (κ3) is 17.8. The molecule has 0 saturated heterocycles. The van der Waals surface area contributed by atoms with Gasteiger partial charge in [-0.2, -0.15) is 26.7 Å². The Labute approximate surface area is 292 Å². The number of aryl methyl sites for hydroxylation is 3. The second-order valence-corrected chi connectivity index (χ2v) is 15.4. The highest BCUT2D eigenvalue weighted by Crippen LogP contribution is 2.29. The quantitative estimate of drug-likeness (QED) is 0.0680. The number of carbonyl (C=O) groups excluding carboxylic acids is 1. The number of amides is 1. The third-order valence-corrected chi connectivity index (χ3v) is 9.89. The van der Waals surface area contributed by atoms with Crippen molar-refractivity contribution in [3.63, 3.8) is 0 Å². The first-order chi connectivity index (χ1) is 21.4. The topological polar surface area (TPSA) is 219 Å². The van der Waals surface area contributed by atoms with Crippen LogP contribution < -0.4 is 16.8 Å². The SMILES string of the molecule is CCN=CCCSCSC[C@H](NC(=O)OC(C)(C)C)c1nc(C)no1.Cc1noc([C@@H](N)CSSC[C@H](N)c2nc(C)no2)n1.Cl. The summed E-state index contributed by atoms with van der Waals surface area (Å²) in [6.07, 6.45) is 2.45. The van der Waals surface area contributed by atoms with Gasteiger partial charge in [0, 0.05) is 28.9 Å². The molecular weight excluding hydrogens is 696 g/mol. The van der Waals surface area contributed by atoms with Crippen LogP contribution in [0.2, 0.25) is 0 Å². The monoisotopic (exact) mass is 740 g/mol. The van der Waals surface area contributed by atoms with Gasteiger partial charge < -0.3 is 35.1 Å². The van der Waals surface area contributed by atoms with Crippen LogP contribution in [0.5, 0.6) is 0 Å². The zero-order valence-corrected chi connectivity index (χ0v) is 31.2. The number of halogens is 1. The molecule has 15 nitrogen and oxygen atoms in total. The number of nitrogens with two attached hydrogens (primary N) is 2. The van der Waals surface area contributed by atoms with Crippen LogP contribution in [0.4, 0.5) is 4.79 Å². The summed E-state index contributed by atoms with van der Waals surface area (Å²) in [5.41, 5.74) is 11.3. The van der Waals surface area contributed by atoms with Gasteiger partial charge in [-0.15, -0.1) is 24.2 Å². The summed E-state index contributed by atoms with van der Waals surface area (Å²) >= 11 is 3.55. The van der Waals surface area contributed by atoms with Crippen LogP contribution in [-0.2, 0) is 4.74 Å². The summed E-state index contributed by atoms with van der Waals surface area (Å²) in [4.78, 5) is 28.6. The molecule has 0 unspecified atom stereocenters. The van der Waals surface area contributed by atoms with E-state index in [0.29, 0.717) is 52.4 Å². The molecule has 0 spiro atoms. The summed E-state index contributed by atoms with van der Waals surface area (Å²) in [5, 5.41) is 14.9. The van der Waals surface area contributed by atoms with Gasteiger partial charge in [0.25, 0.3) is 0 Å². The Morgan fingerprint density at radius 3 is 1.83 bits per heavy atom. The van der Waals surface area contributed by atoms with E-state index in [1.807, 2.05) is 45.7 Å². The lowest BCUT2D eigenvalue weighted by molar-refractivity contribution is 0.0500. The molecule has 46 heavy (non-hydrogen) atoms. The molecule has 20 heteroatoms. The Morgan fingerprint density at radius 2 is 1.39 bits per heavy atom.